The molecule has 1 N–H and O–H groups in total. The topological polar surface area (TPSA) is 68.0 Å². The van der Waals surface area contributed by atoms with E-state index in [1.165, 1.54) is 6.26 Å². The van der Waals surface area contributed by atoms with Crippen molar-refractivity contribution in [3.05, 3.63) is 54.6 Å². The zero-order valence-electron chi connectivity index (χ0n) is 10.0. The molecule has 0 fully saturated rings. The maximum atomic E-state index is 11.9. The van der Waals surface area contributed by atoms with E-state index in [9.17, 15) is 4.79 Å². The summed E-state index contributed by atoms with van der Waals surface area (Å²) in [5.74, 6) is -0.146. The molecule has 0 bridgehead atoms. The van der Waals surface area contributed by atoms with Crippen molar-refractivity contribution in [2.75, 3.05) is 5.32 Å². The third kappa shape index (κ3) is 2.44. The highest BCUT2D eigenvalue weighted by atomic mass is 16.5. The van der Waals surface area contributed by atoms with Gasteiger partial charge in [0.05, 0.1) is 23.3 Å². The summed E-state index contributed by atoms with van der Waals surface area (Å²) in [7, 11) is 0. The molecule has 2 heterocycles. The molecule has 0 atom stereocenters. The lowest BCUT2D eigenvalue weighted by molar-refractivity contribution is -0.115. The highest BCUT2D eigenvalue weighted by molar-refractivity contribution is 6.00. The van der Waals surface area contributed by atoms with Gasteiger partial charge >= 0.3 is 0 Å². The number of carbonyl (C=O) groups is 1. The van der Waals surface area contributed by atoms with Crippen molar-refractivity contribution in [2.45, 2.75) is 6.42 Å². The van der Waals surface area contributed by atoms with Gasteiger partial charge in [-0.25, -0.2) is 0 Å². The number of anilines is 1. The van der Waals surface area contributed by atoms with Gasteiger partial charge in [-0.3, -0.25) is 9.78 Å². The number of fused-ring (bicyclic) bond motifs is 1. The lowest BCUT2D eigenvalue weighted by atomic mass is 10.2. The van der Waals surface area contributed by atoms with Gasteiger partial charge in [-0.1, -0.05) is 23.4 Å². The van der Waals surface area contributed by atoms with Crippen LogP contribution in [0, 0.1) is 0 Å². The van der Waals surface area contributed by atoms with Crippen molar-refractivity contribution >= 4 is 22.5 Å². The van der Waals surface area contributed by atoms with Gasteiger partial charge < -0.3 is 9.84 Å². The predicted octanol–water partition coefficient (Wildman–Crippen LogP) is 2.40. The third-order valence-corrected chi connectivity index (χ3v) is 2.74. The first-order valence-electron chi connectivity index (χ1n) is 5.86. The Morgan fingerprint density at radius 2 is 2.11 bits per heavy atom. The Labute approximate surface area is 109 Å². The van der Waals surface area contributed by atoms with Gasteiger partial charge in [-0.05, 0) is 12.1 Å². The van der Waals surface area contributed by atoms with E-state index in [2.05, 4.69) is 15.5 Å². The summed E-state index contributed by atoms with van der Waals surface area (Å²) < 4.78 is 4.69. The van der Waals surface area contributed by atoms with Gasteiger partial charge in [-0.2, -0.15) is 0 Å². The summed E-state index contributed by atoms with van der Waals surface area (Å²) in [6.07, 6.45) is 3.33. The van der Waals surface area contributed by atoms with Gasteiger partial charge in [0.1, 0.15) is 6.26 Å². The maximum absolute atomic E-state index is 11.9. The van der Waals surface area contributed by atoms with Gasteiger partial charge in [0, 0.05) is 17.6 Å². The molecule has 19 heavy (non-hydrogen) atoms. The van der Waals surface area contributed by atoms with Crippen molar-refractivity contribution in [3.8, 4) is 0 Å². The fraction of sp³-hybridized carbons (Fsp3) is 0.0714. The van der Waals surface area contributed by atoms with Crippen LogP contribution in [0.5, 0.6) is 0 Å². The monoisotopic (exact) mass is 253 g/mol. The molecule has 5 heteroatoms. The van der Waals surface area contributed by atoms with Crippen LogP contribution in [-0.4, -0.2) is 16.0 Å². The summed E-state index contributed by atoms with van der Waals surface area (Å²) in [5.41, 5.74) is 2.08. The molecule has 0 radical (unpaired) electrons. The van der Waals surface area contributed by atoms with Gasteiger partial charge in [0.15, 0.2) is 0 Å². The number of nitrogens with one attached hydrogen (secondary N) is 1. The summed E-state index contributed by atoms with van der Waals surface area (Å²) in [4.78, 5) is 16.2. The Kier molecular flexibility index (Phi) is 2.94. The molecule has 5 nitrogen and oxygen atoms in total. The van der Waals surface area contributed by atoms with Crippen molar-refractivity contribution in [3.63, 3.8) is 0 Å². The number of aromatic nitrogens is 2. The standard InChI is InChI=1S/C14H11N3O2/c18-13(9-11-6-8-19-17-11)16-12-5-1-3-10-4-2-7-15-14(10)12/h1-8H,9H2,(H,16,18). The van der Waals surface area contributed by atoms with Crippen molar-refractivity contribution < 1.29 is 9.32 Å². The fourth-order valence-corrected chi connectivity index (χ4v) is 1.89. The van der Waals surface area contributed by atoms with Gasteiger partial charge in [-0.15, -0.1) is 0 Å². The largest absolute Gasteiger partial charge is 0.364 e. The molecule has 3 rings (SSSR count). The van der Waals surface area contributed by atoms with E-state index >= 15 is 0 Å². The summed E-state index contributed by atoms with van der Waals surface area (Å²) in [6, 6.07) is 11.2. The molecule has 0 saturated carbocycles. The SMILES string of the molecule is O=C(Cc1ccon1)Nc1cccc2cccnc12. The molecule has 94 valence electrons. The first-order valence-corrected chi connectivity index (χ1v) is 5.86. The number of carbonyl (C=O) groups excluding carboxylic acids is 1. The molecular formula is C14H11N3O2. The minimum absolute atomic E-state index is 0.146. The second-order valence-electron chi connectivity index (χ2n) is 4.10. The maximum Gasteiger partial charge on any atom is 0.230 e. The highest BCUT2D eigenvalue weighted by Crippen LogP contribution is 2.20. The first kappa shape index (κ1) is 11.4. The van der Waals surface area contributed by atoms with Crippen LogP contribution in [0.1, 0.15) is 5.69 Å². The average Bonchev–Trinajstić information content (AvgIpc) is 2.92. The van der Waals surface area contributed by atoms with Crippen LogP contribution >= 0.6 is 0 Å². The van der Waals surface area contributed by atoms with Gasteiger partial charge in [0.25, 0.3) is 0 Å². The molecule has 0 saturated heterocycles. The van der Waals surface area contributed by atoms with E-state index in [4.69, 9.17) is 4.52 Å². The number of para-hydroxylation sites is 1. The number of nitrogens with zero attached hydrogens (tertiary/aromatic N) is 2. The van der Waals surface area contributed by atoms with E-state index in [0.29, 0.717) is 11.4 Å². The second kappa shape index (κ2) is 4.89. The molecule has 0 aliphatic carbocycles. The van der Waals surface area contributed by atoms with E-state index < -0.39 is 0 Å². The smallest absolute Gasteiger partial charge is 0.230 e. The van der Waals surface area contributed by atoms with E-state index in [0.717, 1.165) is 10.9 Å². The van der Waals surface area contributed by atoms with E-state index in [1.54, 1.807) is 12.3 Å². The van der Waals surface area contributed by atoms with Crippen LogP contribution < -0.4 is 5.32 Å². The number of rotatable bonds is 3. The normalized spacial score (nSPS) is 10.5. The summed E-state index contributed by atoms with van der Waals surface area (Å²) in [5, 5.41) is 7.54. The van der Waals surface area contributed by atoms with Crippen LogP contribution in [0.15, 0.2) is 53.4 Å². The zero-order chi connectivity index (χ0) is 13.1. The molecule has 2 aromatic heterocycles. The number of amides is 1. The predicted molar refractivity (Wildman–Crippen MR) is 70.6 cm³/mol. The quantitative estimate of drug-likeness (QED) is 0.778. The summed E-state index contributed by atoms with van der Waals surface area (Å²) in [6.45, 7) is 0. The number of hydrogen-bond donors (Lipinski definition) is 1. The zero-order valence-corrected chi connectivity index (χ0v) is 10.0. The lowest BCUT2D eigenvalue weighted by Gasteiger charge is -2.06. The molecule has 1 amide bonds. The van der Waals surface area contributed by atoms with Crippen molar-refractivity contribution in [1.29, 1.82) is 0 Å². The number of hydrogen-bond acceptors (Lipinski definition) is 4. The van der Waals surface area contributed by atoms with E-state index in [1.807, 2.05) is 30.3 Å². The molecule has 0 aliphatic rings. The molecule has 1 aromatic carbocycles. The van der Waals surface area contributed by atoms with Crippen molar-refractivity contribution in [1.82, 2.24) is 10.1 Å². The Bertz CT molecular complexity index is 702. The van der Waals surface area contributed by atoms with Crippen LogP contribution in [0.25, 0.3) is 10.9 Å². The molecule has 0 spiro atoms. The first-order chi connectivity index (χ1) is 9.33. The average molecular weight is 253 g/mol. The van der Waals surface area contributed by atoms with Gasteiger partial charge in [0.2, 0.25) is 5.91 Å². The lowest BCUT2D eigenvalue weighted by Crippen LogP contribution is -2.14. The minimum Gasteiger partial charge on any atom is -0.364 e. The number of benzene rings is 1. The Morgan fingerprint density at radius 3 is 2.95 bits per heavy atom. The van der Waals surface area contributed by atoms with Crippen molar-refractivity contribution in [2.24, 2.45) is 0 Å². The minimum atomic E-state index is -0.146. The van der Waals surface area contributed by atoms with Crippen LogP contribution in [0.4, 0.5) is 5.69 Å². The third-order valence-electron chi connectivity index (χ3n) is 2.74. The van der Waals surface area contributed by atoms with E-state index in [-0.39, 0.29) is 12.3 Å². The summed E-state index contributed by atoms with van der Waals surface area (Å²) >= 11 is 0. The van der Waals surface area contributed by atoms with Crippen LogP contribution in [0.2, 0.25) is 0 Å². The van der Waals surface area contributed by atoms with Crippen LogP contribution in [0.3, 0.4) is 0 Å². The fourth-order valence-electron chi connectivity index (χ4n) is 1.89. The second-order valence-corrected chi connectivity index (χ2v) is 4.10. The Hall–Kier alpha value is -2.69. The molecule has 3 aromatic rings. The molecule has 0 aliphatic heterocycles. The Balaban J connectivity index is 1.83. The van der Waals surface area contributed by atoms with Crippen LogP contribution in [-0.2, 0) is 11.2 Å². The number of pyridine rings is 1. The Morgan fingerprint density at radius 1 is 1.21 bits per heavy atom. The molecule has 0 unspecified atom stereocenters. The molecular weight excluding hydrogens is 242 g/mol. The highest BCUT2D eigenvalue weighted by Gasteiger charge is 2.08.